The molecule has 3 N–H and O–H groups in total. The Morgan fingerprint density at radius 1 is 1.07 bits per heavy atom. The van der Waals surface area contributed by atoms with Crippen molar-refractivity contribution < 1.29 is 32.2 Å². The van der Waals surface area contributed by atoms with Crippen LogP contribution in [0.15, 0.2) is 42.6 Å². The summed E-state index contributed by atoms with van der Waals surface area (Å²) in [6.07, 6.45) is -4.73. The zero-order chi connectivity index (χ0) is 22.3. The standard InChI is InChI=1S/C18H17F3N4O4S/c1-10(15(26)24-17(30)25-16(27)22-2)28-12-4-6-13(7-5-12)29-14-8-3-11(9-23-14)18(19,20)21/h3-10H,1-2H3,(H3,22,24,25,26,27,30). The van der Waals surface area contributed by atoms with Crippen LogP contribution in [0.2, 0.25) is 0 Å². The van der Waals surface area contributed by atoms with Crippen LogP contribution >= 0.6 is 12.2 Å². The number of pyridine rings is 1. The minimum atomic E-state index is -4.48. The summed E-state index contributed by atoms with van der Waals surface area (Å²) in [4.78, 5) is 26.8. The average molecular weight is 442 g/mol. The molecule has 1 atom stereocenters. The monoisotopic (exact) mass is 442 g/mol. The van der Waals surface area contributed by atoms with Gasteiger partial charge in [0.2, 0.25) is 5.88 Å². The number of benzene rings is 1. The Labute approximate surface area is 174 Å². The molecule has 3 amide bonds. The lowest BCUT2D eigenvalue weighted by Crippen LogP contribution is -2.48. The number of alkyl halides is 3. The Morgan fingerprint density at radius 3 is 2.23 bits per heavy atom. The van der Waals surface area contributed by atoms with Crippen LogP contribution in [0.25, 0.3) is 0 Å². The largest absolute Gasteiger partial charge is 0.481 e. The molecule has 30 heavy (non-hydrogen) atoms. The molecule has 0 aliphatic heterocycles. The molecule has 12 heteroatoms. The van der Waals surface area contributed by atoms with E-state index >= 15 is 0 Å². The highest BCUT2D eigenvalue weighted by Crippen LogP contribution is 2.30. The van der Waals surface area contributed by atoms with E-state index in [-0.39, 0.29) is 11.0 Å². The van der Waals surface area contributed by atoms with Gasteiger partial charge in [-0.3, -0.25) is 15.4 Å². The van der Waals surface area contributed by atoms with Crippen molar-refractivity contribution in [1.29, 1.82) is 0 Å². The smallest absolute Gasteiger partial charge is 0.417 e. The van der Waals surface area contributed by atoms with E-state index in [0.717, 1.165) is 12.1 Å². The van der Waals surface area contributed by atoms with Crippen molar-refractivity contribution in [2.75, 3.05) is 7.05 Å². The van der Waals surface area contributed by atoms with Crippen LogP contribution in [-0.2, 0) is 11.0 Å². The molecule has 0 aliphatic carbocycles. The first kappa shape index (κ1) is 22.9. The number of hydrogen-bond acceptors (Lipinski definition) is 6. The summed E-state index contributed by atoms with van der Waals surface area (Å²) in [6, 6.07) is 7.40. The van der Waals surface area contributed by atoms with Gasteiger partial charge in [0.05, 0.1) is 5.56 Å². The van der Waals surface area contributed by atoms with Crippen molar-refractivity contribution in [3.05, 3.63) is 48.2 Å². The quantitative estimate of drug-likeness (QED) is 0.616. The van der Waals surface area contributed by atoms with Crippen LogP contribution < -0.4 is 25.4 Å². The second-order valence-corrected chi connectivity index (χ2v) is 6.15. The first-order valence-corrected chi connectivity index (χ1v) is 8.80. The van der Waals surface area contributed by atoms with Gasteiger partial charge in [-0.2, -0.15) is 13.2 Å². The van der Waals surface area contributed by atoms with Gasteiger partial charge in [-0.15, -0.1) is 0 Å². The lowest BCUT2D eigenvalue weighted by atomic mass is 10.3. The van der Waals surface area contributed by atoms with Crippen molar-refractivity contribution in [3.63, 3.8) is 0 Å². The second-order valence-electron chi connectivity index (χ2n) is 5.74. The van der Waals surface area contributed by atoms with Crippen LogP contribution in [0.1, 0.15) is 12.5 Å². The third-order valence-electron chi connectivity index (χ3n) is 3.48. The molecule has 1 heterocycles. The fourth-order valence-electron chi connectivity index (χ4n) is 1.98. The summed E-state index contributed by atoms with van der Waals surface area (Å²) in [5.41, 5.74) is -0.879. The van der Waals surface area contributed by atoms with Crippen LogP contribution in [0.5, 0.6) is 17.4 Å². The molecule has 1 aromatic carbocycles. The van der Waals surface area contributed by atoms with Gasteiger partial charge in [-0.1, -0.05) is 0 Å². The first-order valence-electron chi connectivity index (χ1n) is 8.40. The highest BCUT2D eigenvalue weighted by Gasteiger charge is 2.30. The molecular weight excluding hydrogens is 425 g/mol. The second kappa shape index (κ2) is 9.87. The zero-order valence-electron chi connectivity index (χ0n) is 15.7. The molecule has 8 nitrogen and oxygen atoms in total. The minimum Gasteiger partial charge on any atom is -0.481 e. The summed E-state index contributed by atoms with van der Waals surface area (Å²) >= 11 is 4.82. The van der Waals surface area contributed by atoms with Crippen molar-refractivity contribution in [2.24, 2.45) is 0 Å². The number of carbonyl (C=O) groups excluding carboxylic acids is 2. The molecule has 0 bridgehead atoms. The average Bonchev–Trinajstić information content (AvgIpc) is 2.68. The Balaban J connectivity index is 1.90. The lowest BCUT2D eigenvalue weighted by Gasteiger charge is -2.15. The molecule has 0 saturated carbocycles. The lowest BCUT2D eigenvalue weighted by molar-refractivity contribution is -0.137. The number of halogens is 3. The topological polar surface area (TPSA) is 102 Å². The third kappa shape index (κ3) is 6.88. The molecular formula is C18H17F3N4O4S. The zero-order valence-corrected chi connectivity index (χ0v) is 16.6. The number of urea groups is 1. The summed E-state index contributed by atoms with van der Waals surface area (Å²) in [5, 5.41) is 6.64. The number of hydrogen-bond donors (Lipinski definition) is 3. The van der Waals surface area contributed by atoms with E-state index in [4.69, 9.17) is 21.7 Å². The van der Waals surface area contributed by atoms with Gasteiger partial charge in [0.1, 0.15) is 11.5 Å². The summed E-state index contributed by atoms with van der Waals surface area (Å²) in [7, 11) is 1.40. The SMILES string of the molecule is CNC(=O)NC(=S)NC(=O)C(C)Oc1ccc(Oc2ccc(C(F)(F)F)cn2)cc1. The van der Waals surface area contributed by atoms with Crippen LogP contribution in [0.3, 0.4) is 0 Å². The minimum absolute atomic E-state index is 0.0125. The van der Waals surface area contributed by atoms with Crippen molar-refractivity contribution in [1.82, 2.24) is 20.9 Å². The predicted octanol–water partition coefficient (Wildman–Crippen LogP) is 2.99. The van der Waals surface area contributed by atoms with E-state index in [1.54, 1.807) is 0 Å². The first-order chi connectivity index (χ1) is 14.1. The summed E-state index contributed by atoms with van der Waals surface area (Å²) in [6.45, 7) is 1.48. The number of thiocarbonyl (C=S) groups is 1. The Hall–Kier alpha value is -3.41. The molecule has 0 aliphatic rings. The normalized spacial score (nSPS) is 11.8. The molecule has 0 fully saturated rings. The van der Waals surface area contributed by atoms with E-state index in [0.29, 0.717) is 17.7 Å². The van der Waals surface area contributed by atoms with Gasteiger partial charge in [0.25, 0.3) is 5.91 Å². The third-order valence-corrected chi connectivity index (χ3v) is 3.69. The number of nitrogens with zero attached hydrogens (tertiary/aromatic N) is 1. The Kier molecular flexibility index (Phi) is 7.53. The maximum atomic E-state index is 12.5. The van der Waals surface area contributed by atoms with Crippen LogP contribution in [-0.4, -0.2) is 35.2 Å². The number of rotatable bonds is 5. The molecule has 2 rings (SSSR count). The highest BCUT2D eigenvalue weighted by atomic mass is 32.1. The molecule has 2 aromatic rings. The van der Waals surface area contributed by atoms with Gasteiger partial charge in [-0.25, -0.2) is 9.78 Å². The fourth-order valence-corrected chi connectivity index (χ4v) is 2.18. The molecule has 1 unspecified atom stereocenters. The predicted molar refractivity (Wildman–Crippen MR) is 104 cm³/mol. The highest BCUT2D eigenvalue weighted by molar-refractivity contribution is 7.80. The van der Waals surface area contributed by atoms with Gasteiger partial charge in [-0.05, 0) is 49.5 Å². The van der Waals surface area contributed by atoms with Gasteiger partial charge in [0, 0.05) is 19.3 Å². The molecule has 160 valence electrons. The van der Waals surface area contributed by atoms with E-state index in [1.165, 1.54) is 38.2 Å². The number of amides is 3. The number of ether oxygens (including phenoxy) is 2. The summed E-state index contributed by atoms with van der Waals surface area (Å²) in [5.74, 6) is 0.0467. The number of nitrogens with one attached hydrogen (secondary N) is 3. The van der Waals surface area contributed by atoms with Gasteiger partial charge in [0.15, 0.2) is 11.2 Å². The van der Waals surface area contributed by atoms with Gasteiger partial charge >= 0.3 is 12.2 Å². The van der Waals surface area contributed by atoms with Gasteiger partial charge < -0.3 is 14.8 Å². The molecule has 0 saturated heterocycles. The van der Waals surface area contributed by atoms with E-state index < -0.39 is 29.8 Å². The van der Waals surface area contributed by atoms with Crippen LogP contribution in [0.4, 0.5) is 18.0 Å². The molecule has 0 spiro atoms. The number of aromatic nitrogens is 1. The number of carbonyl (C=O) groups is 2. The molecule has 0 radical (unpaired) electrons. The molecule has 1 aromatic heterocycles. The maximum absolute atomic E-state index is 12.5. The van der Waals surface area contributed by atoms with Crippen molar-refractivity contribution in [3.8, 4) is 17.4 Å². The van der Waals surface area contributed by atoms with Crippen molar-refractivity contribution in [2.45, 2.75) is 19.2 Å². The Bertz CT molecular complexity index is 905. The van der Waals surface area contributed by atoms with Crippen molar-refractivity contribution >= 4 is 29.3 Å². The fraction of sp³-hybridized carbons (Fsp3) is 0.222. The van der Waals surface area contributed by atoms with E-state index in [1.807, 2.05) is 0 Å². The van der Waals surface area contributed by atoms with E-state index in [2.05, 4.69) is 20.9 Å². The maximum Gasteiger partial charge on any atom is 0.417 e. The Morgan fingerprint density at radius 2 is 1.70 bits per heavy atom. The van der Waals surface area contributed by atoms with Crippen LogP contribution in [0, 0.1) is 0 Å². The summed E-state index contributed by atoms with van der Waals surface area (Å²) < 4.78 is 48.5. The van der Waals surface area contributed by atoms with E-state index in [9.17, 15) is 22.8 Å².